The molecule has 1 unspecified atom stereocenters. The van der Waals surface area contributed by atoms with Crippen LogP contribution in [0.25, 0.3) is 0 Å². The number of likely N-dealkylation sites (tertiary alicyclic amines) is 2. The van der Waals surface area contributed by atoms with Crippen molar-refractivity contribution >= 4 is 17.5 Å². The van der Waals surface area contributed by atoms with Gasteiger partial charge in [-0.05, 0) is 86.1 Å². The number of rotatable bonds is 5. The molecule has 0 aliphatic carbocycles. The van der Waals surface area contributed by atoms with Crippen LogP contribution in [-0.2, 0) is 4.79 Å². The van der Waals surface area contributed by atoms with Gasteiger partial charge in [-0.2, -0.15) is 0 Å². The summed E-state index contributed by atoms with van der Waals surface area (Å²) in [6, 6.07) is 7.66. The molecule has 35 heavy (non-hydrogen) atoms. The van der Waals surface area contributed by atoms with E-state index in [0.717, 1.165) is 44.6 Å². The van der Waals surface area contributed by atoms with Crippen molar-refractivity contribution in [3.8, 4) is 0 Å². The number of nitrogens with one attached hydrogen (secondary N) is 2. The van der Waals surface area contributed by atoms with Crippen molar-refractivity contribution in [3.05, 3.63) is 82.8 Å². The van der Waals surface area contributed by atoms with Crippen LogP contribution in [0.2, 0.25) is 0 Å². The summed E-state index contributed by atoms with van der Waals surface area (Å²) in [6.45, 7) is 7.65. The van der Waals surface area contributed by atoms with Crippen LogP contribution in [0.15, 0.2) is 60.6 Å². The maximum absolute atomic E-state index is 13.3. The summed E-state index contributed by atoms with van der Waals surface area (Å²) in [5, 5.41) is 6.29. The van der Waals surface area contributed by atoms with Crippen molar-refractivity contribution in [1.82, 2.24) is 20.1 Å². The number of carbonyl (C=O) groups excluding carboxylic acids is 2. The van der Waals surface area contributed by atoms with Gasteiger partial charge in [0.1, 0.15) is 0 Å². The Hall–Kier alpha value is -3.45. The number of amides is 2. The van der Waals surface area contributed by atoms with Crippen LogP contribution in [0.5, 0.6) is 0 Å². The van der Waals surface area contributed by atoms with Gasteiger partial charge in [-0.25, -0.2) is 0 Å². The molecule has 0 bridgehead atoms. The molecule has 1 aromatic heterocycles. The van der Waals surface area contributed by atoms with Crippen LogP contribution in [-0.4, -0.2) is 58.9 Å². The molecule has 4 heterocycles. The molecule has 1 aromatic carbocycles. The van der Waals surface area contributed by atoms with Crippen molar-refractivity contribution in [2.24, 2.45) is 0 Å². The lowest BCUT2D eigenvalue weighted by molar-refractivity contribution is -0.112. The maximum atomic E-state index is 13.3. The molecule has 2 saturated heterocycles. The van der Waals surface area contributed by atoms with Gasteiger partial charge in [-0.1, -0.05) is 6.07 Å². The monoisotopic (exact) mass is 471 g/mol. The highest BCUT2D eigenvalue weighted by Crippen LogP contribution is 2.30. The largest absolute Gasteiger partial charge is 0.372 e. The molecular weight excluding hydrogens is 438 g/mol. The fourth-order valence-corrected chi connectivity index (χ4v) is 5.06. The van der Waals surface area contributed by atoms with E-state index in [4.69, 9.17) is 0 Å². The molecule has 3 aliphatic heterocycles. The average Bonchev–Trinajstić information content (AvgIpc) is 2.85. The van der Waals surface area contributed by atoms with Crippen molar-refractivity contribution < 1.29 is 9.59 Å². The molecule has 2 amide bonds. The molecule has 0 radical (unpaired) electrons. The first-order valence-corrected chi connectivity index (χ1v) is 12.5. The minimum atomic E-state index is -0.183. The van der Waals surface area contributed by atoms with Crippen LogP contribution in [0.4, 0.5) is 5.69 Å². The lowest BCUT2D eigenvalue weighted by Gasteiger charge is -2.38. The number of aryl methyl sites for hydroxylation is 2. The van der Waals surface area contributed by atoms with Gasteiger partial charge < -0.3 is 15.5 Å². The zero-order valence-electron chi connectivity index (χ0n) is 20.5. The van der Waals surface area contributed by atoms with Crippen LogP contribution in [0.1, 0.15) is 52.2 Å². The van der Waals surface area contributed by atoms with Gasteiger partial charge in [0, 0.05) is 56.0 Å². The number of benzene rings is 1. The first kappa shape index (κ1) is 23.3. The van der Waals surface area contributed by atoms with Crippen LogP contribution < -0.4 is 10.6 Å². The predicted octanol–water partition coefficient (Wildman–Crippen LogP) is 3.73. The summed E-state index contributed by atoms with van der Waals surface area (Å²) in [7, 11) is 0. The van der Waals surface area contributed by atoms with E-state index in [1.807, 2.05) is 48.5 Å². The molecule has 7 heteroatoms. The standard InChI is InChI=1S/C28H33N5O2/c1-19-4-5-22(28(35)33-14-9-21(10-15-33)24-8-11-29-17-20(24)2)16-25(19)31-27(34)23-6-7-26(30-18-23)32-12-3-13-32/h4-8,11,16-18,21,26,30H,3,9-10,12-15H2,1-2H3,(H,31,34). The number of nitrogens with zero attached hydrogens (tertiary/aromatic N) is 3. The van der Waals surface area contributed by atoms with E-state index in [9.17, 15) is 9.59 Å². The highest BCUT2D eigenvalue weighted by Gasteiger charge is 2.26. The second-order valence-electron chi connectivity index (χ2n) is 9.74. The molecule has 182 valence electrons. The molecule has 2 aromatic rings. The van der Waals surface area contributed by atoms with Crippen molar-refractivity contribution in [2.75, 3.05) is 31.5 Å². The smallest absolute Gasteiger partial charge is 0.257 e. The Morgan fingerprint density at radius 1 is 1.06 bits per heavy atom. The molecule has 7 nitrogen and oxygen atoms in total. The maximum Gasteiger partial charge on any atom is 0.257 e. The first-order valence-electron chi connectivity index (χ1n) is 12.5. The number of anilines is 1. The number of hydrogen-bond acceptors (Lipinski definition) is 5. The Balaban J connectivity index is 1.21. The average molecular weight is 472 g/mol. The highest BCUT2D eigenvalue weighted by molar-refractivity contribution is 6.07. The quantitative estimate of drug-likeness (QED) is 0.695. The number of hydrogen-bond donors (Lipinski definition) is 2. The van der Waals surface area contributed by atoms with E-state index in [0.29, 0.717) is 22.7 Å². The normalized spacial score (nSPS) is 20.6. The number of piperidine rings is 1. The third kappa shape index (κ3) is 5.00. The molecule has 1 atom stereocenters. The molecule has 5 rings (SSSR count). The van der Waals surface area contributed by atoms with Gasteiger partial charge in [0.25, 0.3) is 11.8 Å². The van der Waals surface area contributed by atoms with Crippen molar-refractivity contribution in [1.29, 1.82) is 0 Å². The van der Waals surface area contributed by atoms with Gasteiger partial charge >= 0.3 is 0 Å². The van der Waals surface area contributed by atoms with Crippen LogP contribution in [0, 0.1) is 13.8 Å². The van der Waals surface area contributed by atoms with Gasteiger partial charge in [-0.15, -0.1) is 0 Å². The van der Waals surface area contributed by atoms with Gasteiger partial charge in [-0.3, -0.25) is 19.5 Å². The summed E-state index contributed by atoms with van der Waals surface area (Å²) < 4.78 is 0. The van der Waals surface area contributed by atoms with E-state index < -0.39 is 0 Å². The zero-order valence-corrected chi connectivity index (χ0v) is 20.5. The fraction of sp³-hybridized carbons (Fsp3) is 0.393. The Morgan fingerprint density at radius 3 is 2.51 bits per heavy atom. The number of carbonyl (C=O) groups is 2. The fourth-order valence-electron chi connectivity index (χ4n) is 5.06. The van der Waals surface area contributed by atoms with Crippen molar-refractivity contribution in [3.63, 3.8) is 0 Å². The Bertz CT molecular complexity index is 1180. The number of dihydropyridines is 1. The second kappa shape index (κ2) is 10.0. The zero-order chi connectivity index (χ0) is 24.4. The number of aromatic nitrogens is 1. The minimum Gasteiger partial charge on any atom is -0.372 e. The topological polar surface area (TPSA) is 77.6 Å². The SMILES string of the molecule is Cc1ccc(C(=O)N2CCC(c3ccncc3C)CC2)cc1NC(=O)C1=CNC(N2CCC2)C=C1. The molecule has 3 aliphatic rings. The summed E-state index contributed by atoms with van der Waals surface area (Å²) in [4.78, 5) is 34.6. The molecule has 0 spiro atoms. The van der Waals surface area contributed by atoms with Crippen molar-refractivity contribution in [2.45, 2.75) is 45.2 Å². The Labute approximate surface area is 206 Å². The third-order valence-electron chi connectivity index (χ3n) is 7.43. The lowest BCUT2D eigenvalue weighted by atomic mass is 9.87. The minimum absolute atomic E-state index is 0.0150. The predicted molar refractivity (Wildman–Crippen MR) is 137 cm³/mol. The molecule has 0 saturated carbocycles. The Kier molecular flexibility index (Phi) is 6.68. The van der Waals surface area contributed by atoms with Gasteiger partial charge in [0.05, 0.1) is 11.7 Å². The summed E-state index contributed by atoms with van der Waals surface area (Å²) in [5.74, 6) is 0.291. The van der Waals surface area contributed by atoms with Gasteiger partial charge in [0.15, 0.2) is 0 Å². The summed E-state index contributed by atoms with van der Waals surface area (Å²) >= 11 is 0. The third-order valence-corrected chi connectivity index (χ3v) is 7.43. The first-order chi connectivity index (χ1) is 17.0. The highest BCUT2D eigenvalue weighted by atomic mass is 16.2. The van der Waals surface area contributed by atoms with Crippen LogP contribution in [0.3, 0.4) is 0 Å². The van der Waals surface area contributed by atoms with E-state index in [-0.39, 0.29) is 18.0 Å². The van der Waals surface area contributed by atoms with Crippen LogP contribution >= 0.6 is 0 Å². The van der Waals surface area contributed by atoms with E-state index in [2.05, 4.69) is 33.5 Å². The number of pyridine rings is 1. The Morgan fingerprint density at radius 2 is 1.86 bits per heavy atom. The van der Waals surface area contributed by atoms with E-state index in [1.165, 1.54) is 17.5 Å². The molecule has 2 fully saturated rings. The van der Waals surface area contributed by atoms with Gasteiger partial charge in [0.2, 0.25) is 0 Å². The second-order valence-corrected chi connectivity index (χ2v) is 9.74. The lowest BCUT2D eigenvalue weighted by Crippen LogP contribution is -2.50. The van der Waals surface area contributed by atoms with E-state index >= 15 is 0 Å². The van der Waals surface area contributed by atoms with E-state index in [1.54, 1.807) is 12.3 Å². The summed E-state index contributed by atoms with van der Waals surface area (Å²) in [6.07, 6.45) is 12.7. The molecule has 2 N–H and O–H groups in total. The molecular formula is C28H33N5O2. The summed E-state index contributed by atoms with van der Waals surface area (Å²) in [5.41, 5.74) is 5.32.